The molecule has 0 bridgehead atoms. The Morgan fingerprint density at radius 3 is 2.28 bits per heavy atom. The molecule has 0 saturated carbocycles. The van der Waals surface area contributed by atoms with Gasteiger partial charge in [-0.15, -0.1) is 0 Å². The van der Waals surface area contributed by atoms with Gasteiger partial charge < -0.3 is 10.1 Å². The van der Waals surface area contributed by atoms with Crippen molar-refractivity contribution in [2.45, 2.75) is 26.7 Å². The van der Waals surface area contributed by atoms with Crippen molar-refractivity contribution in [1.29, 1.82) is 0 Å². The normalized spacial score (nSPS) is 11.1. The maximum Gasteiger partial charge on any atom is 0.262 e. The second-order valence-corrected chi connectivity index (χ2v) is 9.02. The first kappa shape index (κ1) is 23.3. The van der Waals surface area contributed by atoms with Gasteiger partial charge in [0.15, 0.2) is 12.3 Å². The summed E-state index contributed by atoms with van der Waals surface area (Å²) in [6.45, 7) is 6.10. The summed E-state index contributed by atoms with van der Waals surface area (Å²) in [6, 6.07) is 29.7. The topological polar surface area (TPSA) is 69.0 Å². The number of amides is 1. The van der Waals surface area contributed by atoms with Crippen molar-refractivity contribution in [1.82, 2.24) is 14.8 Å². The SMILES string of the molecule is Cc1nn(-c2ccccc2)c2nc(OCC(=O)Nc3ccc(C(C)C)cc3)cc(-c3ccccc3)c12. The Morgan fingerprint density at radius 2 is 1.61 bits per heavy atom. The average Bonchev–Trinajstić information content (AvgIpc) is 3.24. The van der Waals surface area contributed by atoms with Gasteiger partial charge >= 0.3 is 0 Å². The number of para-hydroxylation sites is 1. The van der Waals surface area contributed by atoms with Crippen LogP contribution in [0.1, 0.15) is 31.0 Å². The van der Waals surface area contributed by atoms with Gasteiger partial charge in [0.1, 0.15) is 0 Å². The minimum Gasteiger partial charge on any atom is -0.467 e. The van der Waals surface area contributed by atoms with Crippen molar-refractivity contribution in [2.24, 2.45) is 0 Å². The first-order chi connectivity index (χ1) is 17.5. The number of fused-ring (bicyclic) bond motifs is 1. The summed E-state index contributed by atoms with van der Waals surface area (Å²) in [7, 11) is 0. The lowest BCUT2D eigenvalue weighted by molar-refractivity contribution is -0.118. The van der Waals surface area contributed by atoms with Crippen LogP contribution in [-0.4, -0.2) is 27.3 Å². The summed E-state index contributed by atoms with van der Waals surface area (Å²) >= 11 is 0. The van der Waals surface area contributed by atoms with Gasteiger partial charge in [-0.25, -0.2) is 4.68 Å². The maximum atomic E-state index is 12.6. The van der Waals surface area contributed by atoms with E-state index in [1.807, 2.05) is 103 Å². The molecule has 2 heterocycles. The molecule has 36 heavy (non-hydrogen) atoms. The molecule has 0 unspecified atom stereocenters. The third-order valence-electron chi connectivity index (χ3n) is 6.09. The number of aromatic nitrogens is 3. The molecule has 0 fully saturated rings. The summed E-state index contributed by atoms with van der Waals surface area (Å²) in [5.41, 5.74) is 6.40. The summed E-state index contributed by atoms with van der Waals surface area (Å²) < 4.78 is 7.73. The maximum absolute atomic E-state index is 12.6. The fraction of sp³-hybridized carbons (Fsp3) is 0.167. The van der Waals surface area contributed by atoms with Crippen LogP contribution in [0, 0.1) is 6.92 Å². The third kappa shape index (κ3) is 4.84. The van der Waals surface area contributed by atoms with E-state index in [2.05, 4.69) is 19.2 Å². The van der Waals surface area contributed by atoms with Crippen LogP contribution in [0.15, 0.2) is 91.0 Å². The first-order valence-corrected chi connectivity index (χ1v) is 12.0. The molecule has 180 valence electrons. The van der Waals surface area contributed by atoms with E-state index in [9.17, 15) is 4.79 Å². The van der Waals surface area contributed by atoms with Crippen molar-refractivity contribution in [2.75, 3.05) is 11.9 Å². The minimum absolute atomic E-state index is 0.156. The number of benzene rings is 3. The molecule has 0 spiro atoms. The average molecular weight is 477 g/mol. The Kier molecular flexibility index (Phi) is 6.50. The number of aryl methyl sites for hydroxylation is 1. The molecule has 0 atom stereocenters. The zero-order chi connectivity index (χ0) is 25.1. The van der Waals surface area contributed by atoms with Crippen molar-refractivity contribution >= 4 is 22.6 Å². The standard InChI is InChI=1S/C30H28N4O2/c1-20(2)22-14-16-24(17-15-22)31-27(35)19-36-28-18-26(23-10-6-4-7-11-23)29-21(3)33-34(30(29)32-28)25-12-8-5-9-13-25/h4-18,20H,19H2,1-3H3,(H,31,35). The van der Waals surface area contributed by atoms with Crippen molar-refractivity contribution in [3.8, 4) is 22.7 Å². The fourth-order valence-electron chi connectivity index (χ4n) is 4.22. The highest BCUT2D eigenvalue weighted by Crippen LogP contribution is 2.34. The fourth-order valence-corrected chi connectivity index (χ4v) is 4.22. The van der Waals surface area contributed by atoms with E-state index in [0.29, 0.717) is 17.4 Å². The van der Waals surface area contributed by atoms with Gasteiger partial charge in [-0.05, 0) is 53.8 Å². The number of pyridine rings is 1. The lowest BCUT2D eigenvalue weighted by atomic mass is 10.0. The number of carbonyl (C=O) groups excluding carboxylic acids is 1. The van der Waals surface area contributed by atoms with Gasteiger partial charge in [-0.3, -0.25) is 4.79 Å². The lowest BCUT2D eigenvalue weighted by Crippen LogP contribution is -2.20. The summed E-state index contributed by atoms with van der Waals surface area (Å²) in [6.07, 6.45) is 0. The molecule has 6 heteroatoms. The van der Waals surface area contributed by atoms with Crippen LogP contribution in [-0.2, 0) is 4.79 Å². The quantitative estimate of drug-likeness (QED) is 0.290. The van der Waals surface area contributed by atoms with E-state index in [4.69, 9.17) is 14.8 Å². The molecule has 1 N–H and O–H groups in total. The molecular formula is C30H28N4O2. The van der Waals surface area contributed by atoms with Crippen LogP contribution in [0.3, 0.4) is 0 Å². The van der Waals surface area contributed by atoms with E-state index in [0.717, 1.165) is 33.6 Å². The molecule has 1 amide bonds. The second-order valence-electron chi connectivity index (χ2n) is 9.02. The number of rotatable bonds is 7. The van der Waals surface area contributed by atoms with Crippen LogP contribution in [0.5, 0.6) is 5.88 Å². The summed E-state index contributed by atoms with van der Waals surface area (Å²) in [5, 5.41) is 8.62. The second kappa shape index (κ2) is 10.0. The van der Waals surface area contributed by atoms with Gasteiger partial charge in [0, 0.05) is 11.8 Å². The molecule has 5 aromatic rings. The molecule has 2 aromatic heterocycles. The highest BCUT2D eigenvalue weighted by Gasteiger charge is 2.18. The number of ether oxygens (including phenoxy) is 1. The largest absolute Gasteiger partial charge is 0.467 e. The third-order valence-corrected chi connectivity index (χ3v) is 6.09. The van der Waals surface area contributed by atoms with Gasteiger partial charge in [0.25, 0.3) is 5.91 Å². The van der Waals surface area contributed by atoms with Crippen molar-refractivity contribution in [3.05, 3.63) is 102 Å². The number of hydrogen-bond acceptors (Lipinski definition) is 4. The van der Waals surface area contributed by atoms with Crippen LogP contribution < -0.4 is 10.1 Å². The Hall–Kier alpha value is -4.45. The number of nitrogens with zero attached hydrogens (tertiary/aromatic N) is 3. The minimum atomic E-state index is -0.247. The highest BCUT2D eigenvalue weighted by atomic mass is 16.5. The Labute approximate surface area is 210 Å². The predicted octanol–water partition coefficient (Wildman–Crippen LogP) is 6.54. The number of anilines is 1. The molecule has 6 nitrogen and oxygen atoms in total. The van der Waals surface area contributed by atoms with Crippen LogP contribution in [0.25, 0.3) is 27.8 Å². The van der Waals surface area contributed by atoms with Crippen LogP contribution in [0.2, 0.25) is 0 Å². The summed E-state index contributed by atoms with van der Waals surface area (Å²) in [4.78, 5) is 17.4. The van der Waals surface area contributed by atoms with E-state index >= 15 is 0 Å². The monoisotopic (exact) mass is 476 g/mol. The predicted molar refractivity (Wildman–Crippen MR) is 144 cm³/mol. The summed E-state index contributed by atoms with van der Waals surface area (Å²) in [5.74, 6) is 0.554. The molecular weight excluding hydrogens is 448 g/mol. The number of carbonyl (C=O) groups is 1. The molecule has 0 aliphatic rings. The Morgan fingerprint density at radius 1 is 0.944 bits per heavy atom. The Balaban J connectivity index is 1.46. The molecule has 5 rings (SSSR count). The van der Waals surface area contributed by atoms with E-state index in [-0.39, 0.29) is 12.5 Å². The van der Waals surface area contributed by atoms with Crippen LogP contribution >= 0.6 is 0 Å². The number of nitrogens with one attached hydrogen (secondary N) is 1. The zero-order valence-electron chi connectivity index (χ0n) is 20.6. The molecule has 3 aromatic carbocycles. The van der Waals surface area contributed by atoms with E-state index in [1.165, 1.54) is 5.56 Å². The van der Waals surface area contributed by atoms with Gasteiger partial charge in [-0.2, -0.15) is 10.1 Å². The Bertz CT molecular complexity index is 1490. The number of hydrogen-bond donors (Lipinski definition) is 1. The van der Waals surface area contributed by atoms with Gasteiger partial charge in [0.05, 0.1) is 16.8 Å². The van der Waals surface area contributed by atoms with E-state index < -0.39 is 0 Å². The van der Waals surface area contributed by atoms with Crippen LogP contribution in [0.4, 0.5) is 5.69 Å². The first-order valence-electron chi connectivity index (χ1n) is 12.0. The van der Waals surface area contributed by atoms with Gasteiger partial charge in [-0.1, -0.05) is 74.5 Å². The van der Waals surface area contributed by atoms with Gasteiger partial charge in [0.2, 0.25) is 5.88 Å². The molecule has 0 aliphatic carbocycles. The molecule has 0 aliphatic heterocycles. The highest BCUT2D eigenvalue weighted by molar-refractivity contribution is 5.96. The molecule has 0 radical (unpaired) electrons. The molecule has 0 saturated heterocycles. The van der Waals surface area contributed by atoms with Crippen molar-refractivity contribution in [3.63, 3.8) is 0 Å². The smallest absolute Gasteiger partial charge is 0.262 e. The van der Waals surface area contributed by atoms with E-state index in [1.54, 1.807) is 0 Å². The van der Waals surface area contributed by atoms with Crippen molar-refractivity contribution < 1.29 is 9.53 Å². The zero-order valence-corrected chi connectivity index (χ0v) is 20.6. The lowest BCUT2D eigenvalue weighted by Gasteiger charge is -2.11.